The lowest BCUT2D eigenvalue weighted by molar-refractivity contribution is 0.123. The van der Waals surface area contributed by atoms with Gasteiger partial charge in [-0.1, -0.05) is 62.9 Å². The molecule has 1 aromatic rings. The summed E-state index contributed by atoms with van der Waals surface area (Å²) in [7, 11) is 0. The van der Waals surface area contributed by atoms with Crippen molar-refractivity contribution < 1.29 is 0 Å². The number of hydrogen-bond donors (Lipinski definition) is 0. The number of hydrogen-bond acceptors (Lipinski definition) is 2. The summed E-state index contributed by atoms with van der Waals surface area (Å²) in [4.78, 5) is 0. The minimum atomic E-state index is -0.605. The first-order valence-corrected chi connectivity index (χ1v) is 10.1. The topological polar surface area (TPSA) is 47.6 Å². The molecule has 0 amide bonds. The van der Waals surface area contributed by atoms with Crippen LogP contribution in [0.2, 0.25) is 0 Å². The van der Waals surface area contributed by atoms with Gasteiger partial charge in [0, 0.05) is 0 Å². The molecular formula is C23H30N2. The van der Waals surface area contributed by atoms with Gasteiger partial charge in [0.15, 0.2) is 0 Å². The fourth-order valence-electron chi connectivity index (χ4n) is 5.44. The highest BCUT2D eigenvalue weighted by Gasteiger charge is 2.47. The fourth-order valence-corrected chi connectivity index (χ4v) is 5.44. The number of nitriles is 2. The van der Waals surface area contributed by atoms with Gasteiger partial charge in [-0.05, 0) is 55.4 Å². The van der Waals surface area contributed by atoms with Gasteiger partial charge in [0.05, 0.1) is 23.5 Å². The zero-order valence-corrected chi connectivity index (χ0v) is 15.5. The van der Waals surface area contributed by atoms with E-state index in [-0.39, 0.29) is 5.92 Å². The Hall–Kier alpha value is -1.80. The van der Waals surface area contributed by atoms with Crippen molar-refractivity contribution in [3.63, 3.8) is 0 Å². The average Bonchev–Trinajstić information content (AvgIpc) is 2.69. The van der Waals surface area contributed by atoms with Crippen molar-refractivity contribution in [2.45, 2.75) is 70.1 Å². The summed E-state index contributed by atoms with van der Waals surface area (Å²) >= 11 is 0. The standard InChI is InChI=1S/C23H30N2/c1-2-6-18-9-11-19(12-10-18)20-13-14-23(17-25,22(15-20)16-24)21-7-4-3-5-8-21/h3-5,7-8,18-20,22H,2,6,9-15H2,1H3. The van der Waals surface area contributed by atoms with Crippen LogP contribution in [0.25, 0.3) is 0 Å². The van der Waals surface area contributed by atoms with Gasteiger partial charge < -0.3 is 0 Å². The summed E-state index contributed by atoms with van der Waals surface area (Å²) in [5.74, 6) is 2.17. The molecule has 25 heavy (non-hydrogen) atoms. The number of benzene rings is 1. The van der Waals surface area contributed by atoms with E-state index in [1.165, 1.54) is 38.5 Å². The van der Waals surface area contributed by atoms with Crippen molar-refractivity contribution in [3.8, 4) is 12.1 Å². The lowest BCUT2D eigenvalue weighted by Crippen LogP contribution is -2.41. The summed E-state index contributed by atoms with van der Waals surface area (Å²) < 4.78 is 0. The van der Waals surface area contributed by atoms with Crippen LogP contribution in [-0.2, 0) is 5.41 Å². The predicted molar refractivity (Wildman–Crippen MR) is 101 cm³/mol. The van der Waals surface area contributed by atoms with Gasteiger partial charge in [-0.2, -0.15) is 10.5 Å². The van der Waals surface area contributed by atoms with Crippen molar-refractivity contribution in [2.24, 2.45) is 23.7 Å². The molecule has 0 aliphatic heterocycles. The molecule has 0 saturated heterocycles. The maximum absolute atomic E-state index is 9.99. The first-order valence-electron chi connectivity index (χ1n) is 10.1. The Morgan fingerprint density at radius 1 is 1.00 bits per heavy atom. The lowest BCUT2D eigenvalue weighted by atomic mass is 9.58. The Balaban J connectivity index is 1.70. The van der Waals surface area contributed by atoms with Crippen molar-refractivity contribution in [1.29, 1.82) is 10.5 Å². The molecule has 3 unspecified atom stereocenters. The molecule has 2 nitrogen and oxygen atoms in total. The smallest absolute Gasteiger partial charge is 0.0980 e. The van der Waals surface area contributed by atoms with E-state index in [0.29, 0.717) is 5.92 Å². The van der Waals surface area contributed by atoms with Crippen LogP contribution in [0.4, 0.5) is 0 Å². The van der Waals surface area contributed by atoms with Gasteiger partial charge in [0.2, 0.25) is 0 Å². The van der Waals surface area contributed by atoms with Gasteiger partial charge in [0.1, 0.15) is 0 Å². The van der Waals surface area contributed by atoms with Crippen molar-refractivity contribution in [2.75, 3.05) is 0 Å². The molecule has 2 aliphatic carbocycles. The maximum atomic E-state index is 9.99. The molecule has 3 atom stereocenters. The van der Waals surface area contributed by atoms with E-state index in [4.69, 9.17) is 0 Å². The molecule has 132 valence electrons. The van der Waals surface area contributed by atoms with E-state index in [0.717, 1.165) is 36.7 Å². The van der Waals surface area contributed by atoms with Crippen LogP contribution in [0.3, 0.4) is 0 Å². The molecule has 0 heterocycles. The van der Waals surface area contributed by atoms with Crippen LogP contribution >= 0.6 is 0 Å². The Labute approximate surface area is 152 Å². The second-order valence-corrected chi connectivity index (χ2v) is 8.23. The van der Waals surface area contributed by atoms with Crippen LogP contribution in [0.15, 0.2) is 30.3 Å². The normalized spacial score (nSPS) is 35.5. The Bertz CT molecular complexity index is 630. The molecule has 0 spiro atoms. The molecule has 0 radical (unpaired) electrons. The molecule has 2 saturated carbocycles. The van der Waals surface area contributed by atoms with Crippen LogP contribution < -0.4 is 0 Å². The Morgan fingerprint density at radius 3 is 2.32 bits per heavy atom. The zero-order chi connectivity index (χ0) is 17.7. The molecule has 2 heteroatoms. The summed E-state index contributed by atoms with van der Waals surface area (Å²) in [6.45, 7) is 2.29. The second-order valence-electron chi connectivity index (χ2n) is 8.23. The molecule has 1 aromatic carbocycles. The molecular weight excluding hydrogens is 304 g/mol. The highest BCUT2D eigenvalue weighted by molar-refractivity contribution is 5.36. The largest absolute Gasteiger partial charge is 0.198 e. The van der Waals surface area contributed by atoms with Crippen LogP contribution in [0, 0.1) is 46.3 Å². The third kappa shape index (κ3) is 3.59. The zero-order valence-electron chi connectivity index (χ0n) is 15.5. The minimum Gasteiger partial charge on any atom is -0.198 e. The first-order chi connectivity index (χ1) is 12.2. The molecule has 2 aliphatic rings. The van der Waals surface area contributed by atoms with E-state index >= 15 is 0 Å². The van der Waals surface area contributed by atoms with Crippen molar-refractivity contribution >= 4 is 0 Å². The van der Waals surface area contributed by atoms with E-state index in [1.54, 1.807) is 0 Å². The van der Waals surface area contributed by atoms with Crippen LogP contribution in [0.1, 0.15) is 70.3 Å². The van der Waals surface area contributed by atoms with Gasteiger partial charge in [-0.25, -0.2) is 0 Å². The van der Waals surface area contributed by atoms with E-state index < -0.39 is 5.41 Å². The third-order valence-corrected chi connectivity index (χ3v) is 6.94. The van der Waals surface area contributed by atoms with E-state index in [9.17, 15) is 10.5 Å². The Kier molecular flexibility index (Phi) is 5.80. The third-order valence-electron chi connectivity index (χ3n) is 6.94. The monoisotopic (exact) mass is 334 g/mol. The molecule has 3 rings (SSSR count). The summed E-state index contributed by atoms with van der Waals surface area (Å²) in [5.41, 5.74) is 0.431. The fraction of sp³-hybridized carbons (Fsp3) is 0.652. The summed E-state index contributed by atoms with van der Waals surface area (Å²) in [6, 6.07) is 15.1. The lowest BCUT2D eigenvalue weighted by Gasteiger charge is -2.43. The van der Waals surface area contributed by atoms with Crippen LogP contribution in [0.5, 0.6) is 0 Å². The van der Waals surface area contributed by atoms with Gasteiger partial charge >= 0.3 is 0 Å². The maximum Gasteiger partial charge on any atom is 0.0980 e. The van der Waals surface area contributed by atoms with Crippen molar-refractivity contribution in [3.05, 3.63) is 35.9 Å². The SMILES string of the molecule is CCCC1CCC(C2CCC(C#N)(c3ccccc3)C(C#N)C2)CC1. The van der Waals surface area contributed by atoms with Gasteiger partial charge in [-0.15, -0.1) is 0 Å². The van der Waals surface area contributed by atoms with Crippen LogP contribution in [-0.4, -0.2) is 0 Å². The highest BCUT2D eigenvalue weighted by atomic mass is 14.5. The number of rotatable bonds is 4. The van der Waals surface area contributed by atoms with E-state index in [2.05, 4.69) is 19.1 Å². The van der Waals surface area contributed by atoms with Crippen molar-refractivity contribution in [1.82, 2.24) is 0 Å². The first kappa shape index (κ1) is 18.0. The Morgan fingerprint density at radius 2 is 1.72 bits per heavy atom. The molecule has 0 aromatic heterocycles. The average molecular weight is 335 g/mol. The highest BCUT2D eigenvalue weighted by Crippen LogP contribution is 2.49. The quantitative estimate of drug-likeness (QED) is 0.678. The second kappa shape index (κ2) is 8.05. The number of nitrogens with zero attached hydrogens (tertiary/aromatic N) is 2. The summed E-state index contributed by atoms with van der Waals surface area (Å²) in [5, 5.41) is 19.8. The van der Waals surface area contributed by atoms with Gasteiger partial charge in [0.25, 0.3) is 0 Å². The van der Waals surface area contributed by atoms with Gasteiger partial charge in [-0.3, -0.25) is 0 Å². The molecule has 0 bridgehead atoms. The minimum absolute atomic E-state index is 0.174. The molecule has 2 fully saturated rings. The molecule has 0 N–H and O–H groups in total. The summed E-state index contributed by atoms with van der Waals surface area (Å²) in [6.07, 6.45) is 10.9. The van der Waals surface area contributed by atoms with E-state index in [1.807, 2.05) is 30.3 Å². The predicted octanol–water partition coefficient (Wildman–Crippen LogP) is 5.99.